The van der Waals surface area contributed by atoms with Crippen LogP contribution >= 0.6 is 0 Å². The molecule has 2 fully saturated rings. The number of para-hydroxylation sites is 2. The zero-order valence-corrected chi connectivity index (χ0v) is 15.1. The maximum Gasteiger partial charge on any atom is 0.160 e. The molecule has 0 atom stereocenters. The van der Waals surface area contributed by atoms with Crippen molar-refractivity contribution in [3.63, 3.8) is 0 Å². The third-order valence-electron chi connectivity index (χ3n) is 6.16. The van der Waals surface area contributed by atoms with Gasteiger partial charge in [0.05, 0.1) is 11.2 Å². The van der Waals surface area contributed by atoms with Crippen LogP contribution in [0.2, 0.25) is 0 Å². The molecule has 130 valence electrons. The minimum absolute atomic E-state index is 0.0740. The van der Waals surface area contributed by atoms with Gasteiger partial charge in [-0.2, -0.15) is 0 Å². The van der Waals surface area contributed by atoms with Gasteiger partial charge in [-0.15, -0.1) is 0 Å². The van der Waals surface area contributed by atoms with Gasteiger partial charge in [-0.1, -0.05) is 49.6 Å². The predicted octanol–water partition coefficient (Wildman–Crippen LogP) is 5.78. The number of hydrogen-bond donors (Lipinski definition) is 1. The number of hydrazine groups is 1. The molecule has 1 aliphatic heterocycles. The minimum atomic E-state index is 0.0740. The summed E-state index contributed by atoms with van der Waals surface area (Å²) in [7, 11) is 0. The van der Waals surface area contributed by atoms with Crippen molar-refractivity contribution in [1.29, 1.82) is 0 Å². The molecule has 1 aliphatic carbocycles. The van der Waals surface area contributed by atoms with Gasteiger partial charge in [0, 0.05) is 16.3 Å². The van der Waals surface area contributed by atoms with Crippen LogP contribution in [0.5, 0.6) is 0 Å². The molecule has 5 rings (SSSR count). The Morgan fingerprint density at radius 3 is 2.52 bits per heavy atom. The van der Waals surface area contributed by atoms with E-state index in [1.165, 1.54) is 55.0 Å². The lowest BCUT2D eigenvalue weighted by Gasteiger charge is -2.35. The number of nitrogens with zero attached hydrogens (tertiary/aromatic N) is 1. The zero-order chi connectivity index (χ0) is 17.1. The van der Waals surface area contributed by atoms with Crippen molar-refractivity contribution in [2.24, 2.45) is 0 Å². The summed E-state index contributed by atoms with van der Waals surface area (Å²) in [6.07, 6.45) is 7.81. The van der Waals surface area contributed by atoms with Crippen molar-refractivity contribution >= 4 is 27.6 Å². The summed E-state index contributed by atoms with van der Waals surface area (Å²) in [5.74, 6) is 0. The first kappa shape index (κ1) is 15.3. The molecule has 0 amide bonds. The van der Waals surface area contributed by atoms with Gasteiger partial charge >= 0.3 is 0 Å². The normalized spacial score (nSPS) is 22.2. The minimum Gasteiger partial charge on any atom is -0.454 e. The van der Waals surface area contributed by atoms with E-state index in [-0.39, 0.29) is 11.1 Å². The number of benzene rings is 2. The van der Waals surface area contributed by atoms with Crippen LogP contribution in [-0.2, 0) is 0 Å². The van der Waals surface area contributed by atoms with E-state index in [9.17, 15) is 0 Å². The average Bonchev–Trinajstić information content (AvgIpc) is 3.10. The molecule has 0 unspecified atom stereocenters. The van der Waals surface area contributed by atoms with E-state index in [0.717, 1.165) is 11.2 Å². The zero-order valence-electron chi connectivity index (χ0n) is 15.1. The third kappa shape index (κ3) is 2.29. The predicted molar refractivity (Wildman–Crippen MR) is 104 cm³/mol. The monoisotopic (exact) mass is 334 g/mol. The summed E-state index contributed by atoms with van der Waals surface area (Å²) in [5, 5.41) is 4.79. The first-order valence-electron chi connectivity index (χ1n) is 9.56. The molecular weight excluding hydrogens is 308 g/mol. The van der Waals surface area contributed by atoms with Crippen LogP contribution in [0.15, 0.2) is 46.9 Å². The van der Waals surface area contributed by atoms with Crippen molar-refractivity contribution in [2.75, 3.05) is 5.01 Å². The Labute approximate surface area is 149 Å². The van der Waals surface area contributed by atoms with E-state index in [0.29, 0.717) is 0 Å². The largest absolute Gasteiger partial charge is 0.454 e. The van der Waals surface area contributed by atoms with Gasteiger partial charge < -0.3 is 4.42 Å². The van der Waals surface area contributed by atoms with Crippen LogP contribution in [0.4, 0.5) is 5.69 Å². The maximum atomic E-state index is 6.28. The van der Waals surface area contributed by atoms with E-state index in [1.807, 2.05) is 6.07 Å². The fourth-order valence-corrected chi connectivity index (χ4v) is 5.15. The first-order valence-corrected chi connectivity index (χ1v) is 9.56. The summed E-state index contributed by atoms with van der Waals surface area (Å²) in [4.78, 5) is 0. The SMILES string of the molecule is CC1(C)CC2(CCCCC2)NN1c1cccc2c1oc1ccccc12. The summed E-state index contributed by atoms with van der Waals surface area (Å²) in [6.45, 7) is 4.70. The van der Waals surface area contributed by atoms with Gasteiger partial charge in [0.2, 0.25) is 0 Å². The van der Waals surface area contributed by atoms with Gasteiger partial charge in [-0.05, 0) is 45.2 Å². The topological polar surface area (TPSA) is 28.4 Å². The van der Waals surface area contributed by atoms with E-state index in [2.05, 4.69) is 60.7 Å². The van der Waals surface area contributed by atoms with Crippen molar-refractivity contribution in [3.05, 3.63) is 42.5 Å². The van der Waals surface area contributed by atoms with Crippen LogP contribution in [0.3, 0.4) is 0 Å². The highest BCUT2D eigenvalue weighted by Gasteiger charge is 2.49. The molecule has 0 bridgehead atoms. The van der Waals surface area contributed by atoms with Crippen LogP contribution < -0.4 is 10.4 Å². The molecule has 25 heavy (non-hydrogen) atoms. The molecule has 3 nitrogen and oxygen atoms in total. The lowest BCUT2D eigenvalue weighted by molar-refractivity contribution is 0.255. The Morgan fingerprint density at radius 2 is 1.68 bits per heavy atom. The molecule has 1 N–H and O–H groups in total. The van der Waals surface area contributed by atoms with Gasteiger partial charge in [0.25, 0.3) is 0 Å². The second-order valence-corrected chi connectivity index (χ2v) is 8.53. The summed E-state index contributed by atoms with van der Waals surface area (Å²) in [5.41, 5.74) is 7.39. The van der Waals surface area contributed by atoms with Crippen LogP contribution in [-0.4, -0.2) is 11.1 Å². The summed E-state index contributed by atoms with van der Waals surface area (Å²) < 4.78 is 6.28. The quantitative estimate of drug-likeness (QED) is 0.611. The Morgan fingerprint density at radius 1 is 0.920 bits per heavy atom. The number of furan rings is 1. The Hall–Kier alpha value is -2.00. The molecular formula is C22H26N2O. The van der Waals surface area contributed by atoms with Crippen LogP contribution in [0.25, 0.3) is 21.9 Å². The molecule has 0 radical (unpaired) electrons. The number of anilines is 1. The Kier molecular flexibility index (Phi) is 3.21. The van der Waals surface area contributed by atoms with Gasteiger partial charge in [-0.3, -0.25) is 5.01 Å². The van der Waals surface area contributed by atoms with E-state index in [1.54, 1.807) is 0 Å². The van der Waals surface area contributed by atoms with Crippen molar-refractivity contribution in [2.45, 2.75) is 63.5 Å². The summed E-state index contributed by atoms with van der Waals surface area (Å²) >= 11 is 0. The fourth-order valence-electron chi connectivity index (χ4n) is 5.15. The Balaban J connectivity index is 1.65. The van der Waals surface area contributed by atoms with E-state index in [4.69, 9.17) is 4.42 Å². The Bertz CT molecular complexity index is 934. The standard InChI is InChI=1S/C22H26N2O/c1-21(2)15-22(13-6-3-7-14-22)23-24(21)18-11-8-10-17-16-9-4-5-12-19(16)25-20(17)18/h4-5,8-12,23H,3,6-7,13-15H2,1-2H3. The first-order chi connectivity index (χ1) is 12.1. The number of fused-ring (bicyclic) bond motifs is 3. The van der Waals surface area contributed by atoms with Crippen molar-refractivity contribution in [3.8, 4) is 0 Å². The van der Waals surface area contributed by atoms with Gasteiger partial charge in [0.1, 0.15) is 5.58 Å². The highest BCUT2D eigenvalue weighted by atomic mass is 16.3. The number of hydrogen-bond acceptors (Lipinski definition) is 3. The van der Waals surface area contributed by atoms with E-state index >= 15 is 0 Å². The molecule has 3 heteroatoms. The van der Waals surface area contributed by atoms with Crippen molar-refractivity contribution < 1.29 is 4.42 Å². The highest BCUT2D eigenvalue weighted by molar-refractivity contribution is 6.08. The van der Waals surface area contributed by atoms with Crippen LogP contribution in [0.1, 0.15) is 52.4 Å². The molecule has 2 heterocycles. The number of nitrogens with one attached hydrogen (secondary N) is 1. The maximum absolute atomic E-state index is 6.28. The van der Waals surface area contributed by atoms with Gasteiger partial charge in [-0.25, -0.2) is 5.43 Å². The number of rotatable bonds is 1. The smallest absolute Gasteiger partial charge is 0.160 e. The van der Waals surface area contributed by atoms with Crippen LogP contribution in [0, 0.1) is 0 Å². The molecule has 2 aromatic carbocycles. The molecule has 3 aromatic rings. The second-order valence-electron chi connectivity index (χ2n) is 8.53. The average molecular weight is 334 g/mol. The molecule has 2 aliphatic rings. The van der Waals surface area contributed by atoms with Gasteiger partial charge in [0.15, 0.2) is 5.58 Å². The third-order valence-corrected chi connectivity index (χ3v) is 6.16. The second kappa shape index (κ2) is 5.25. The molecule has 1 spiro atoms. The molecule has 1 saturated heterocycles. The lowest BCUT2D eigenvalue weighted by Crippen LogP contribution is -2.49. The van der Waals surface area contributed by atoms with E-state index < -0.39 is 0 Å². The van der Waals surface area contributed by atoms with Crippen molar-refractivity contribution in [1.82, 2.24) is 5.43 Å². The summed E-state index contributed by atoms with van der Waals surface area (Å²) in [6, 6.07) is 14.9. The molecule has 1 saturated carbocycles. The molecule has 1 aromatic heterocycles. The fraction of sp³-hybridized carbons (Fsp3) is 0.455. The highest BCUT2D eigenvalue weighted by Crippen LogP contribution is 2.46. The lowest BCUT2D eigenvalue weighted by atomic mass is 9.76.